The van der Waals surface area contributed by atoms with Crippen molar-refractivity contribution in [3.63, 3.8) is 0 Å². The average Bonchev–Trinajstić information content (AvgIpc) is 2.91. The van der Waals surface area contributed by atoms with E-state index in [0.29, 0.717) is 43.0 Å². The zero-order valence-corrected chi connectivity index (χ0v) is 24.0. The quantitative estimate of drug-likeness (QED) is 0.499. The topological polar surface area (TPSA) is 96.0 Å². The normalized spacial score (nSPS) is 20.9. The fourth-order valence-electron chi connectivity index (χ4n) is 5.28. The number of likely N-dealkylation sites (N-methyl/N-ethyl adjacent to an activating group) is 1. The molecule has 2 heterocycles. The first-order chi connectivity index (χ1) is 18.7. The summed E-state index contributed by atoms with van der Waals surface area (Å²) in [6.07, 6.45) is 3.75. The second kappa shape index (κ2) is 13.4. The van der Waals surface area contributed by atoms with Gasteiger partial charge in [0, 0.05) is 57.3 Å². The molecule has 4 rings (SSSR count). The molecule has 9 heteroatoms. The number of nitrogens with zero attached hydrogens (tertiary/aromatic N) is 3. The van der Waals surface area contributed by atoms with E-state index in [-0.39, 0.29) is 12.0 Å². The third kappa shape index (κ3) is 9.07. The van der Waals surface area contributed by atoms with Gasteiger partial charge < -0.3 is 25.0 Å². The summed E-state index contributed by atoms with van der Waals surface area (Å²) in [6.45, 7) is 12.5. The van der Waals surface area contributed by atoms with Gasteiger partial charge in [0.05, 0.1) is 11.1 Å². The number of nitrogens with one attached hydrogen (secondary N) is 2. The minimum atomic E-state index is -0.489. The van der Waals surface area contributed by atoms with Gasteiger partial charge in [0.1, 0.15) is 12.2 Å². The second-order valence-corrected chi connectivity index (χ2v) is 12.0. The lowest BCUT2D eigenvalue weighted by molar-refractivity contribution is 0.0512. The molecular formula is C30H45N5O4. The molecule has 1 aliphatic carbocycles. The van der Waals surface area contributed by atoms with E-state index in [2.05, 4.69) is 32.5 Å². The highest BCUT2D eigenvalue weighted by molar-refractivity contribution is 6.06. The van der Waals surface area contributed by atoms with Crippen molar-refractivity contribution in [3.8, 4) is 5.88 Å². The lowest BCUT2D eigenvalue weighted by Gasteiger charge is -2.32. The van der Waals surface area contributed by atoms with Crippen molar-refractivity contribution in [1.29, 1.82) is 0 Å². The Morgan fingerprint density at radius 2 is 1.62 bits per heavy atom. The molecular weight excluding hydrogens is 494 g/mol. The zero-order valence-electron chi connectivity index (χ0n) is 24.0. The first-order valence-corrected chi connectivity index (χ1v) is 14.3. The van der Waals surface area contributed by atoms with Gasteiger partial charge in [-0.15, -0.1) is 0 Å². The van der Waals surface area contributed by atoms with E-state index in [9.17, 15) is 9.59 Å². The maximum Gasteiger partial charge on any atom is 0.407 e. The summed E-state index contributed by atoms with van der Waals surface area (Å²) in [5, 5.41) is 6.90. The number of hydrogen-bond donors (Lipinski definition) is 2. The molecule has 2 aromatic rings. The van der Waals surface area contributed by atoms with Crippen molar-refractivity contribution in [2.45, 2.75) is 52.1 Å². The van der Waals surface area contributed by atoms with Crippen molar-refractivity contribution in [2.75, 3.05) is 59.5 Å². The van der Waals surface area contributed by atoms with Crippen LogP contribution in [-0.4, -0.2) is 91.9 Å². The van der Waals surface area contributed by atoms with Crippen LogP contribution in [0.5, 0.6) is 5.88 Å². The van der Waals surface area contributed by atoms with Gasteiger partial charge in [0.15, 0.2) is 0 Å². The number of hydrogen-bond acceptors (Lipinski definition) is 7. The Labute approximate surface area is 232 Å². The van der Waals surface area contributed by atoms with Crippen LogP contribution in [0.3, 0.4) is 0 Å². The molecule has 9 nitrogen and oxygen atoms in total. The zero-order chi connectivity index (χ0) is 27.8. The number of pyridine rings is 1. The van der Waals surface area contributed by atoms with Gasteiger partial charge in [0.2, 0.25) is 5.88 Å². The summed E-state index contributed by atoms with van der Waals surface area (Å²) in [6, 6.07) is 9.50. The van der Waals surface area contributed by atoms with E-state index in [1.165, 1.54) is 0 Å². The first-order valence-electron chi connectivity index (χ1n) is 14.3. The van der Waals surface area contributed by atoms with Gasteiger partial charge >= 0.3 is 6.09 Å². The molecule has 0 unspecified atom stereocenters. The third-order valence-electron chi connectivity index (χ3n) is 7.64. The lowest BCUT2D eigenvalue weighted by atomic mass is 9.82. The van der Waals surface area contributed by atoms with E-state index >= 15 is 0 Å². The molecule has 1 aromatic carbocycles. The number of ether oxygens (including phenoxy) is 2. The molecule has 0 atom stereocenters. The highest BCUT2D eigenvalue weighted by atomic mass is 16.6. The maximum absolute atomic E-state index is 13.3. The number of benzene rings is 1. The Morgan fingerprint density at radius 3 is 2.28 bits per heavy atom. The fourth-order valence-corrected chi connectivity index (χ4v) is 5.28. The summed E-state index contributed by atoms with van der Waals surface area (Å²) >= 11 is 0. The van der Waals surface area contributed by atoms with Crippen LogP contribution in [0.4, 0.5) is 4.79 Å². The molecule has 2 fully saturated rings. The van der Waals surface area contributed by atoms with Crippen LogP contribution in [0.1, 0.15) is 56.8 Å². The molecule has 1 aromatic heterocycles. The molecule has 0 bridgehead atoms. The summed E-state index contributed by atoms with van der Waals surface area (Å²) in [5.41, 5.74) is 0.876. The van der Waals surface area contributed by atoms with E-state index in [0.717, 1.165) is 69.3 Å². The summed E-state index contributed by atoms with van der Waals surface area (Å²) in [7, 11) is 2.15. The van der Waals surface area contributed by atoms with Crippen LogP contribution in [0, 0.1) is 11.8 Å². The fraction of sp³-hybridized carbons (Fsp3) is 0.633. The minimum absolute atomic E-state index is 0.0915. The smallest absolute Gasteiger partial charge is 0.407 e. The second-order valence-electron chi connectivity index (χ2n) is 12.0. The predicted octanol–water partition coefficient (Wildman–Crippen LogP) is 3.92. The van der Waals surface area contributed by atoms with Crippen LogP contribution < -0.4 is 15.4 Å². The van der Waals surface area contributed by atoms with Gasteiger partial charge in [-0.3, -0.25) is 9.69 Å². The number of rotatable bonds is 9. The molecule has 2 N–H and O–H groups in total. The van der Waals surface area contributed by atoms with Crippen LogP contribution in [0.2, 0.25) is 0 Å². The number of amides is 2. The summed E-state index contributed by atoms with van der Waals surface area (Å²) in [5.74, 6) is 1.27. The van der Waals surface area contributed by atoms with Gasteiger partial charge in [-0.1, -0.05) is 18.2 Å². The molecule has 1 saturated carbocycles. The molecule has 2 aliphatic rings. The Kier molecular flexibility index (Phi) is 10.0. The molecule has 0 spiro atoms. The molecule has 214 valence electrons. The monoisotopic (exact) mass is 539 g/mol. The van der Waals surface area contributed by atoms with Gasteiger partial charge in [0.25, 0.3) is 5.91 Å². The van der Waals surface area contributed by atoms with Gasteiger partial charge in [-0.25, -0.2) is 9.78 Å². The SMILES string of the molecule is CN1CCN(CCOc2cc(C(=O)NCC3CCC(CNC(=O)OC(C)(C)C)CC3)c3ccccc3n2)CC1. The van der Waals surface area contributed by atoms with Crippen molar-refractivity contribution < 1.29 is 19.1 Å². The summed E-state index contributed by atoms with van der Waals surface area (Å²) < 4.78 is 11.4. The Hall–Kier alpha value is -2.91. The molecule has 1 aliphatic heterocycles. The molecule has 0 radical (unpaired) electrons. The van der Waals surface area contributed by atoms with Crippen LogP contribution >= 0.6 is 0 Å². The first kappa shape index (κ1) is 29.1. The number of para-hydroxylation sites is 1. The highest BCUT2D eigenvalue weighted by Gasteiger charge is 2.24. The lowest BCUT2D eigenvalue weighted by Crippen LogP contribution is -2.45. The standard InChI is InChI=1S/C30H45N5O4/c1-30(2,3)39-29(37)32-21-23-11-9-22(10-12-23)20-31-28(36)25-19-27(33-26-8-6-5-7-24(25)26)38-18-17-35-15-13-34(4)14-16-35/h5-8,19,22-23H,9-18,20-21H2,1-4H3,(H,31,36)(H,32,37). The van der Waals surface area contributed by atoms with E-state index < -0.39 is 5.60 Å². The largest absolute Gasteiger partial charge is 0.476 e. The van der Waals surface area contributed by atoms with Gasteiger partial charge in [-0.05, 0) is 71.4 Å². The Bertz CT molecular complexity index is 1100. The van der Waals surface area contributed by atoms with E-state index in [1.807, 2.05) is 45.0 Å². The van der Waals surface area contributed by atoms with Gasteiger partial charge in [-0.2, -0.15) is 0 Å². The van der Waals surface area contributed by atoms with E-state index in [4.69, 9.17) is 9.47 Å². The summed E-state index contributed by atoms with van der Waals surface area (Å²) in [4.78, 5) is 34.6. The van der Waals surface area contributed by atoms with Crippen molar-refractivity contribution in [3.05, 3.63) is 35.9 Å². The van der Waals surface area contributed by atoms with Crippen molar-refractivity contribution in [1.82, 2.24) is 25.4 Å². The Morgan fingerprint density at radius 1 is 0.974 bits per heavy atom. The molecule has 2 amide bonds. The molecule has 39 heavy (non-hydrogen) atoms. The van der Waals surface area contributed by atoms with Crippen molar-refractivity contribution in [2.24, 2.45) is 11.8 Å². The van der Waals surface area contributed by atoms with E-state index in [1.54, 1.807) is 6.07 Å². The van der Waals surface area contributed by atoms with Crippen LogP contribution in [0.15, 0.2) is 30.3 Å². The Balaban J connectivity index is 1.26. The predicted molar refractivity (Wildman–Crippen MR) is 153 cm³/mol. The third-order valence-corrected chi connectivity index (χ3v) is 7.64. The van der Waals surface area contributed by atoms with Crippen molar-refractivity contribution >= 4 is 22.9 Å². The number of piperazine rings is 1. The number of carbonyl (C=O) groups is 2. The molecule has 1 saturated heterocycles. The number of aromatic nitrogens is 1. The van der Waals surface area contributed by atoms with Crippen LogP contribution in [-0.2, 0) is 4.74 Å². The number of carbonyl (C=O) groups excluding carboxylic acids is 2. The minimum Gasteiger partial charge on any atom is -0.476 e. The number of alkyl carbamates (subject to hydrolysis) is 1. The van der Waals surface area contributed by atoms with Crippen LogP contribution in [0.25, 0.3) is 10.9 Å². The highest BCUT2D eigenvalue weighted by Crippen LogP contribution is 2.28. The average molecular weight is 540 g/mol. The maximum atomic E-state index is 13.3. The number of fused-ring (bicyclic) bond motifs is 1.